The molecular weight excluding hydrogens is 249 g/mol. The lowest BCUT2D eigenvalue weighted by Crippen LogP contribution is -2.05. The van der Waals surface area contributed by atoms with Gasteiger partial charge in [0, 0.05) is 11.4 Å². The van der Waals surface area contributed by atoms with Crippen LogP contribution in [0.2, 0.25) is 0 Å². The number of halogens is 1. The van der Waals surface area contributed by atoms with Gasteiger partial charge in [-0.15, -0.1) is 0 Å². The van der Waals surface area contributed by atoms with Gasteiger partial charge in [-0.1, -0.05) is 42.1 Å². The predicted molar refractivity (Wildman–Crippen MR) is 73.2 cm³/mol. The summed E-state index contributed by atoms with van der Waals surface area (Å²) in [5, 5.41) is 2.55. The number of anilines is 1. The highest BCUT2D eigenvalue weighted by Crippen LogP contribution is 2.16. The Balaban J connectivity index is 1.84. The van der Waals surface area contributed by atoms with Crippen LogP contribution in [0.3, 0.4) is 0 Å². The number of nitrogens with one attached hydrogen (secondary N) is 1. The summed E-state index contributed by atoms with van der Waals surface area (Å²) in [6.07, 6.45) is 0. The Kier molecular flexibility index (Phi) is 4.36. The van der Waals surface area contributed by atoms with E-state index < -0.39 is 0 Å². The monoisotopic (exact) mass is 261 g/mol. The SMILES string of the molecule is O=C(Nc1ccc(F)cc1)SCc1ccccc1. The van der Waals surface area contributed by atoms with Crippen molar-refractivity contribution < 1.29 is 9.18 Å². The van der Waals surface area contributed by atoms with Gasteiger partial charge >= 0.3 is 0 Å². The smallest absolute Gasteiger partial charge is 0.283 e. The summed E-state index contributed by atoms with van der Waals surface area (Å²) < 4.78 is 12.7. The molecule has 2 nitrogen and oxygen atoms in total. The third-order valence-electron chi connectivity index (χ3n) is 2.30. The van der Waals surface area contributed by atoms with Crippen molar-refractivity contribution in [3.8, 4) is 0 Å². The van der Waals surface area contributed by atoms with E-state index in [9.17, 15) is 9.18 Å². The number of amides is 1. The van der Waals surface area contributed by atoms with E-state index in [1.54, 1.807) is 0 Å². The minimum absolute atomic E-state index is 0.148. The van der Waals surface area contributed by atoms with E-state index in [2.05, 4.69) is 5.32 Å². The average Bonchev–Trinajstić information content (AvgIpc) is 2.40. The van der Waals surface area contributed by atoms with Crippen molar-refractivity contribution in [1.29, 1.82) is 0 Å². The lowest BCUT2D eigenvalue weighted by atomic mass is 10.2. The normalized spacial score (nSPS) is 10.1. The van der Waals surface area contributed by atoms with Crippen LogP contribution >= 0.6 is 11.8 Å². The van der Waals surface area contributed by atoms with E-state index in [1.807, 2.05) is 30.3 Å². The standard InChI is InChI=1S/C14H12FNOS/c15-12-6-8-13(9-7-12)16-14(17)18-10-11-4-2-1-3-5-11/h1-9H,10H2,(H,16,17). The van der Waals surface area contributed by atoms with E-state index in [0.29, 0.717) is 11.4 Å². The quantitative estimate of drug-likeness (QED) is 0.893. The molecule has 0 spiro atoms. The number of benzene rings is 2. The van der Waals surface area contributed by atoms with E-state index >= 15 is 0 Å². The summed E-state index contributed by atoms with van der Waals surface area (Å²) in [6, 6.07) is 15.5. The fourth-order valence-electron chi connectivity index (χ4n) is 1.41. The molecule has 0 radical (unpaired) electrons. The van der Waals surface area contributed by atoms with Gasteiger partial charge < -0.3 is 5.32 Å². The maximum Gasteiger partial charge on any atom is 0.283 e. The molecule has 2 rings (SSSR count). The fraction of sp³-hybridized carbons (Fsp3) is 0.0714. The van der Waals surface area contributed by atoms with E-state index in [0.717, 1.165) is 5.56 Å². The zero-order valence-electron chi connectivity index (χ0n) is 9.60. The van der Waals surface area contributed by atoms with Crippen LogP contribution in [-0.4, -0.2) is 5.24 Å². The molecule has 4 heteroatoms. The Bertz CT molecular complexity index is 513. The van der Waals surface area contributed by atoms with Gasteiger partial charge in [0.1, 0.15) is 5.82 Å². The molecule has 0 saturated heterocycles. The number of rotatable bonds is 3. The van der Waals surface area contributed by atoms with Crippen LogP contribution in [0.4, 0.5) is 14.9 Å². The molecule has 0 aliphatic rings. The molecule has 2 aromatic carbocycles. The molecule has 0 unspecified atom stereocenters. The van der Waals surface area contributed by atoms with Crippen molar-refractivity contribution in [1.82, 2.24) is 0 Å². The first-order chi connectivity index (χ1) is 8.74. The zero-order chi connectivity index (χ0) is 12.8. The molecule has 0 aliphatic heterocycles. The van der Waals surface area contributed by atoms with Crippen molar-refractivity contribution in [2.75, 3.05) is 5.32 Å². The molecule has 92 valence electrons. The fourth-order valence-corrected chi connectivity index (χ4v) is 2.09. The Morgan fingerprint density at radius 3 is 2.39 bits per heavy atom. The highest BCUT2D eigenvalue weighted by atomic mass is 32.2. The lowest BCUT2D eigenvalue weighted by molar-refractivity contribution is 0.269. The zero-order valence-corrected chi connectivity index (χ0v) is 10.4. The van der Waals surface area contributed by atoms with Crippen LogP contribution in [0.5, 0.6) is 0 Å². The van der Waals surface area contributed by atoms with Crippen LogP contribution in [-0.2, 0) is 5.75 Å². The molecule has 0 atom stereocenters. The van der Waals surface area contributed by atoms with Gasteiger partial charge in [0.15, 0.2) is 0 Å². The molecule has 1 N–H and O–H groups in total. The van der Waals surface area contributed by atoms with Crippen molar-refractivity contribution in [3.05, 3.63) is 66.0 Å². The second kappa shape index (κ2) is 6.21. The predicted octanol–water partition coefficient (Wildman–Crippen LogP) is 4.29. The Hall–Kier alpha value is -1.81. The molecule has 1 amide bonds. The van der Waals surface area contributed by atoms with Crippen LogP contribution in [0.25, 0.3) is 0 Å². The molecule has 18 heavy (non-hydrogen) atoms. The summed E-state index contributed by atoms with van der Waals surface area (Å²) in [7, 11) is 0. The third-order valence-corrected chi connectivity index (χ3v) is 3.15. The van der Waals surface area contributed by atoms with Crippen molar-refractivity contribution in [3.63, 3.8) is 0 Å². The number of carbonyl (C=O) groups excluding carboxylic acids is 1. The van der Waals surface area contributed by atoms with Crippen molar-refractivity contribution in [2.45, 2.75) is 5.75 Å². The van der Waals surface area contributed by atoms with Gasteiger partial charge in [-0.25, -0.2) is 4.39 Å². The summed E-state index contributed by atoms with van der Waals surface area (Å²) in [5.41, 5.74) is 1.69. The van der Waals surface area contributed by atoms with E-state index in [4.69, 9.17) is 0 Å². The van der Waals surface area contributed by atoms with Gasteiger partial charge in [-0.3, -0.25) is 4.79 Å². The Morgan fingerprint density at radius 2 is 1.72 bits per heavy atom. The molecule has 0 heterocycles. The van der Waals surface area contributed by atoms with E-state index in [-0.39, 0.29) is 11.1 Å². The van der Waals surface area contributed by atoms with Crippen LogP contribution in [0.1, 0.15) is 5.56 Å². The number of hydrogen-bond acceptors (Lipinski definition) is 2. The highest BCUT2D eigenvalue weighted by Gasteiger charge is 2.03. The Morgan fingerprint density at radius 1 is 1.06 bits per heavy atom. The molecule has 0 bridgehead atoms. The minimum Gasteiger partial charge on any atom is -0.317 e. The van der Waals surface area contributed by atoms with Gasteiger partial charge in [0.2, 0.25) is 0 Å². The first-order valence-electron chi connectivity index (χ1n) is 5.47. The molecule has 2 aromatic rings. The van der Waals surface area contributed by atoms with Gasteiger partial charge in [0.05, 0.1) is 0 Å². The molecule has 0 saturated carbocycles. The topological polar surface area (TPSA) is 29.1 Å². The van der Waals surface area contributed by atoms with E-state index in [1.165, 1.54) is 36.0 Å². The average molecular weight is 261 g/mol. The highest BCUT2D eigenvalue weighted by molar-refractivity contribution is 8.13. The van der Waals surface area contributed by atoms with Gasteiger partial charge in [-0.2, -0.15) is 0 Å². The molecule has 0 aromatic heterocycles. The van der Waals surface area contributed by atoms with Crippen molar-refractivity contribution >= 4 is 22.7 Å². The lowest BCUT2D eigenvalue weighted by Gasteiger charge is -2.04. The second-order valence-electron chi connectivity index (χ2n) is 3.69. The van der Waals surface area contributed by atoms with Crippen LogP contribution in [0.15, 0.2) is 54.6 Å². The summed E-state index contributed by atoms with van der Waals surface area (Å²) in [6.45, 7) is 0. The van der Waals surface area contributed by atoms with Crippen LogP contribution in [0, 0.1) is 5.82 Å². The maximum atomic E-state index is 12.7. The molecule has 0 aliphatic carbocycles. The maximum absolute atomic E-state index is 12.7. The van der Waals surface area contributed by atoms with Gasteiger partial charge in [0.25, 0.3) is 5.24 Å². The second-order valence-corrected chi connectivity index (χ2v) is 4.64. The Labute approximate surface area is 109 Å². The summed E-state index contributed by atoms with van der Waals surface area (Å²) in [4.78, 5) is 11.6. The van der Waals surface area contributed by atoms with Crippen molar-refractivity contribution in [2.24, 2.45) is 0 Å². The van der Waals surface area contributed by atoms with Gasteiger partial charge in [-0.05, 0) is 29.8 Å². The van der Waals surface area contributed by atoms with Crippen LogP contribution < -0.4 is 5.32 Å². The minimum atomic E-state index is -0.315. The largest absolute Gasteiger partial charge is 0.317 e. The number of carbonyl (C=O) groups is 1. The summed E-state index contributed by atoms with van der Waals surface area (Å²) in [5.74, 6) is 0.304. The molecule has 0 fully saturated rings. The number of thioether (sulfide) groups is 1. The molecular formula is C14H12FNOS. The summed E-state index contributed by atoms with van der Waals surface area (Å²) >= 11 is 1.18. The first kappa shape index (κ1) is 12.6. The first-order valence-corrected chi connectivity index (χ1v) is 6.46. The number of hydrogen-bond donors (Lipinski definition) is 1. The third kappa shape index (κ3) is 3.89.